The number of carbonyl (C=O) groups is 2. The van der Waals surface area contributed by atoms with Gasteiger partial charge in [-0.05, 0) is 0 Å². The third-order valence-corrected chi connectivity index (χ3v) is 3.15. The lowest BCUT2D eigenvalue weighted by atomic mass is 9.91. The van der Waals surface area contributed by atoms with Crippen LogP contribution in [-0.4, -0.2) is 79.7 Å². The van der Waals surface area contributed by atoms with Gasteiger partial charge in [0.15, 0.2) is 6.61 Å². The van der Waals surface area contributed by atoms with E-state index in [1.807, 2.05) is 0 Å². The van der Waals surface area contributed by atoms with Gasteiger partial charge in [-0.15, -0.1) is 0 Å². The number of methoxy groups -OCH3 is 1. The summed E-state index contributed by atoms with van der Waals surface area (Å²) in [6.07, 6.45) is -2.19. The lowest BCUT2D eigenvalue weighted by Crippen LogP contribution is -2.71. The zero-order valence-corrected chi connectivity index (χ0v) is 14.1. The fourth-order valence-electron chi connectivity index (χ4n) is 1.51. The van der Waals surface area contributed by atoms with E-state index in [1.54, 1.807) is 0 Å². The van der Waals surface area contributed by atoms with Crippen molar-refractivity contribution in [3.63, 3.8) is 0 Å². The van der Waals surface area contributed by atoms with Gasteiger partial charge in [-0.1, -0.05) is 0 Å². The van der Waals surface area contributed by atoms with Gasteiger partial charge in [-0.25, -0.2) is 9.59 Å². The van der Waals surface area contributed by atoms with Gasteiger partial charge in [0.1, 0.15) is 13.2 Å². The van der Waals surface area contributed by atoms with Gasteiger partial charge in [-0.2, -0.15) is 52.7 Å². The summed E-state index contributed by atoms with van der Waals surface area (Å²) >= 11 is 0. The summed E-state index contributed by atoms with van der Waals surface area (Å²) in [5.74, 6) is -45.6. The van der Waals surface area contributed by atoms with Gasteiger partial charge >= 0.3 is 47.7 Å². The van der Waals surface area contributed by atoms with Gasteiger partial charge in [0.2, 0.25) is 0 Å². The first-order valence-electron chi connectivity index (χ1n) is 6.89. The first kappa shape index (κ1) is 27.9. The molecule has 6 nitrogen and oxygen atoms in total. The van der Waals surface area contributed by atoms with E-state index < -0.39 is 67.5 Å². The Kier molecular flexibility index (Phi) is 7.93. The van der Waals surface area contributed by atoms with Gasteiger partial charge in [0, 0.05) is 0 Å². The largest absolute Gasteiger partial charge is 0.508 e. The number of alkyl halides is 12. The normalized spacial score (nSPS) is 14.4. The SMILES string of the molecule is COC(=O)OCC(F)(F)C(F)(F)C(F)(F)C(F)(F)C(F)(F)C(F)(F)COCC(=O)O. The smallest absolute Gasteiger partial charge is 0.480 e. The van der Waals surface area contributed by atoms with Crippen LogP contribution in [0.15, 0.2) is 0 Å². The predicted molar refractivity (Wildman–Crippen MR) is 66.5 cm³/mol. The Balaban J connectivity index is 6.00. The zero-order valence-electron chi connectivity index (χ0n) is 14.1. The van der Waals surface area contributed by atoms with E-state index in [2.05, 4.69) is 14.2 Å². The highest BCUT2D eigenvalue weighted by Gasteiger charge is 2.90. The summed E-state index contributed by atoms with van der Waals surface area (Å²) < 4.78 is 171. The summed E-state index contributed by atoms with van der Waals surface area (Å²) in [5.41, 5.74) is 0. The monoisotopic (exact) mass is 478 g/mol. The first-order chi connectivity index (χ1) is 13.1. The number of carboxylic acid groups (broad SMARTS) is 1. The van der Waals surface area contributed by atoms with Crippen LogP contribution in [0.3, 0.4) is 0 Å². The minimum atomic E-state index is -7.86. The van der Waals surface area contributed by atoms with E-state index in [-0.39, 0.29) is 0 Å². The number of rotatable bonds is 11. The third-order valence-electron chi connectivity index (χ3n) is 3.15. The molecule has 0 amide bonds. The van der Waals surface area contributed by atoms with Gasteiger partial charge in [-0.3, -0.25) is 0 Å². The minimum Gasteiger partial charge on any atom is -0.480 e. The highest BCUT2D eigenvalue weighted by atomic mass is 19.4. The van der Waals surface area contributed by atoms with Crippen molar-refractivity contribution in [2.24, 2.45) is 0 Å². The molecule has 1 N–H and O–H groups in total. The Morgan fingerprint density at radius 2 is 1.07 bits per heavy atom. The molecule has 0 rings (SSSR count). The van der Waals surface area contributed by atoms with Crippen molar-refractivity contribution in [2.45, 2.75) is 35.5 Å². The Hall–Kier alpha value is -2.14. The molecule has 178 valence electrons. The average Bonchev–Trinajstić information content (AvgIpc) is 2.58. The summed E-state index contributed by atoms with van der Waals surface area (Å²) in [7, 11) is 0.427. The van der Waals surface area contributed by atoms with Crippen LogP contribution in [0.2, 0.25) is 0 Å². The maximum Gasteiger partial charge on any atom is 0.508 e. The van der Waals surface area contributed by atoms with Crippen LogP contribution in [0.25, 0.3) is 0 Å². The summed E-state index contributed by atoms with van der Waals surface area (Å²) in [6.45, 7) is -7.87. The molecular formula is C12H10F12O6. The Morgan fingerprint density at radius 3 is 1.40 bits per heavy atom. The highest BCUT2D eigenvalue weighted by Crippen LogP contribution is 2.60. The van der Waals surface area contributed by atoms with Crippen LogP contribution in [0.4, 0.5) is 57.5 Å². The molecule has 18 heteroatoms. The Morgan fingerprint density at radius 1 is 0.700 bits per heavy atom. The van der Waals surface area contributed by atoms with Crippen LogP contribution in [-0.2, 0) is 19.0 Å². The number of hydrogen-bond donors (Lipinski definition) is 1. The molecule has 0 bridgehead atoms. The van der Waals surface area contributed by atoms with Crippen molar-refractivity contribution >= 4 is 12.1 Å². The van der Waals surface area contributed by atoms with Crippen LogP contribution in [0.1, 0.15) is 0 Å². The molecule has 0 unspecified atom stereocenters. The fraction of sp³-hybridized carbons (Fsp3) is 0.833. The standard InChI is InChI=1S/C12H10F12O6/c1-28-6(27)30-4-8(15,16)10(19,20)12(23,24)11(21,22)9(17,18)7(13,14)3-29-2-5(25)26/h2-4H2,1H3,(H,25,26). The molecule has 0 atom stereocenters. The molecule has 0 aromatic rings. The predicted octanol–water partition coefficient (Wildman–Crippen LogP) is 3.68. The molecular weight excluding hydrogens is 468 g/mol. The number of halogens is 12. The fourth-order valence-corrected chi connectivity index (χ4v) is 1.51. The lowest BCUT2D eigenvalue weighted by Gasteiger charge is -2.41. The molecule has 0 saturated heterocycles. The van der Waals surface area contributed by atoms with E-state index in [4.69, 9.17) is 5.11 Å². The van der Waals surface area contributed by atoms with Crippen molar-refractivity contribution in [3.05, 3.63) is 0 Å². The number of carbonyl (C=O) groups excluding carboxylic acids is 1. The molecule has 0 aliphatic heterocycles. The van der Waals surface area contributed by atoms with Gasteiger partial charge < -0.3 is 19.3 Å². The van der Waals surface area contributed by atoms with Crippen LogP contribution in [0, 0.1) is 0 Å². The van der Waals surface area contributed by atoms with E-state index >= 15 is 0 Å². The molecule has 0 heterocycles. The van der Waals surface area contributed by atoms with E-state index in [0.29, 0.717) is 7.11 Å². The third kappa shape index (κ3) is 4.77. The van der Waals surface area contributed by atoms with Crippen molar-refractivity contribution in [3.8, 4) is 0 Å². The molecule has 0 aromatic carbocycles. The minimum absolute atomic E-state index is 0.427. The summed E-state index contributed by atoms with van der Waals surface area (Å²) in [6, 6.07) is 0. The Bertz CT molecular complexity index is 635. The molecule has 0 aromatic heterocycles. The molecule has 0 fully saturated rings. The van der Waals surface area contributed by atoms with Crippen molar-refractivity contribution in [2.75, 3.05) is 26.9 Å². The maximum atomic E-state index is 13.5. The second-order valence-electron chi connectivity index (χ2n) is 5.34. The molecule has 0 saturated carbocycles. The molecule has 30 heavy (non-hydrogen) atoms. The topological polar surface area (TPSA) is 82.1 Å². The molecule has 0 aliphatic carbocycles. The van der Waals surface area contributed by atoms with Gasteiger partial charge in [0.25, 0.3) is 0 Å². The van der Waals surface area contributed by atoms with Crippen LogP contribution in [0.5, 0.6) is 0 Å². The number of ether oxygens (including phenoxy) is 3. The van der Waals surface area contributed by atoms with Crippen molar-refractivity contribution in [1.82, 2.24) is 0 Å². The maximum absolute atomic E-state index is 13.5. The van der Waals surface area contributed by atoms with E-state index in [0.717, 1.165) is 0 Å². The van der Waals surface area contributed by atoms with Crippen LogP contribution >= 0.6 is 0 Å². The van der Waals surface area contributed by atoms with Crippen molar-refractivity contribution in [1.29, 1.82) is 0 Å². The van der Waals surface area contributed by atoms with E-state index in [1.165, 1.54) is 0 Å². The average molecular weight is 478 g/mol. The summed E-state index contributed by atoms with van der Waals surface area (Å²) in [4.78, 5) is 20.4. The number of aliphatic carboxylic acids is 1. The molecule has 0 aliphatic rings. The first-order valence-corrected chi connectivity index (χ1v) is 6.89. The molecule has 0 radical (unpaired) electrons. The van der Waals surface area contributed by atoms with Gasteiger partial charge in [0.05, 0.1) is 7.11 Å². The number of carboxylic acids is 1. The van der Waals surface area contributed by atoms with Crippen molar-refractivity contribution < 1.29 is 81.6 Å². The molecule has 0 spiro atoms. The highest BCUT2D eigenvalue weighted by molar-refractivity contribution is 5.68. The van der Waals surface area contributed by atoms with Crippen LogP contribution < -0.4 is 0 Å². The summed E-state index contributed by atoms with van der Waals surface area (Å²) in [5, 5.41) is 8.05. The second-order valence-corrected chi connectivity index (χ2v) is 5.34. The second kappa shape index (κ2) is 8.54. The Labute approximate surface area is 157 Å². The van der Waals surface area contributed by atoms with E-state index in [9.17, 15) is 62.3 Å². The lowest BCUT2D eigenvalue weighted by molar-refractivity contribution is -0.428. The number of hydrogen-bond acceptors (Lipinski definition) is 5. The zero-order chi connectivity index (χ0) is 24.4. The quantitative estimate of drug-likeness (QED) is 0.361.